The fourth-order valence-corrected chi connectivity index (χ4v) is 2.79. The summed E-state index contributed by atoms with van der Waals surface area (Å²) in [5.74, 6) is -0.916. The first kappa shape index (κ1) is 19.2. The van der Waals surface area contributed by atoms with Crippen LogP contribution in [0.5, 0.6) is 0 Å². The number of amides is 1. The maximum absolute atomic E-state index is 12.1. The van der Waals surface area contributed by atoms with Gasteiger partial charge in [-0.05, 0) is 37.5 Å². The van der Waals surface area contributed by atoms with Crippen molar-refractivity contribution in [1.82, 2.24) is 4.90 Å². The van der Waals surface area contributed by atoms with Crippen LogP contribution in [0.15, 0.2) is 29.2 Å². The average molecular weight is 341 g/mol. The molecule has 0 aromatic heterocycles. The van der Waals surface area contributed by atoms with Gasteiger partial charge in [0.25, 0.3) is 0 Å². The molecule has 1 rings (SSSR count). The molecule has 0 saturated carbocycles. The predicted molar refractivity (Wildman–Crippen MR) is 86.8 cm³/mol. The lowest BCUT2D eigenvalue weighted by Gasteiger charge is -2.25. The minimum Gasteiger partial charge on any atom is -0.481 e. The van der Waals surface area contributed by atoms with Crippen LogP contribution >= 0.6 is 0 Å². The molecule has 0 heterocycles. The van der Waals surface area contributed by atoms with Gasteiger partial charge in [-0.25, -0.2) is 8.42 Å². The van der Waals surface area contributed by atoms with E-state index >= 15 is 0 Å². The summed E-state index contributed by atoms with van der Waals surface area (Å²) >= 11 is 0. The number of carboxylic acids is 1. The zero-order chi connectivity index (χ0) is 17.6. The number of aliphatic carboxylic acids is 1. The van der Waals surface area contributed by atoms with E-state index in [-0.39, 0.29) is 23.3 Å². The predicted octanol–water partition coefficient (Wildman–Crippen LogP) is 2.25. The molecule has 1 aromatic rings. The van der Waals surface area contributed by atoms with E-state index in [0.717, 1.165) is 11.8 Å². The second-order valence-electron chi connectivity index (χ2n) is 5.62. The van der Waals surface area contributed by atoms with E-state index in [1.54, 1.807) is 24.1 Å². The molecule has 1 atom stereocenters. The molecular formula is C16H23NO5S. The van der Waals surface area contributed by atoms with E-state index in [0.29, 0.717) is 19.3 Å². The van der Waals surface area contributed by atoms with E-state index in [9.17, 15) is 18.0 Å². The van der Waals surface area contributed by atoms with Crippen LogP contribution in [0, 0.1) is 0 Å². The summed E-state index contributed by atoms with van der Waals surface area (Å²) < 4.78 is 22.9. The normalized spacial score (nSPS) is 12.7. The number of hydrogen-bond acceptors (Lipinski definition) is 4. The number of benzene rings is 1. The van der Waals surface area contributed by atoms with Crippen molar-refractivity contribution in [3.05, 3.63) is 29.8 Å². The summed E-state index contributed by atoms with van der Waals surface area (Å²) in [6, 6.07) is 6.29. The molecule has 6 nitrogen and oxygen atoms in total. The highest BCUT2D eigenvalue weighted by atomic mass is 32.2. The zero-order valence-electron chi connectivity index (χ0n) is 13.7. The largest absolute Gasteiger partial charge is 0.481 e. The SMILES string of the molecule is CC(c1ccc(S(C)(=O)=O)cc1)N(C)C(=O)CCCCC(=O)O. The second-order valence-corrected chi connectivity index (χ2v) is 7.64. The molecule has 23 heavy (non-hydrogen) atoms. The number of hydrogen-bond donors (Lipinski definition) is 1. The van der Waals surface area contributed by atoms with Crippen LogP contribution in [0.25, 0.3) is 0 Å². The summed E-state index contributed by atoms with van der Waals surface area (Å²) in [5.41, 5.74) is 0.846. The molecule has 0 saturated heterocycles. The van der Waals surface area contributed by atoms with E-state index in [4.69, 9.17) is 5.11 Å². The minimum atomic E-state index is -3.23. The first-order valence-electron chi connectivity index (χ1n) is 7.40. The zero-order valence-corrected chi connectivity index (χ0v) is 14.5. The van der Waals surface area contributed by atoms with E-state index in [1.807, 2.05) is 6.92 Å². The molecule has 7 heteroatoms. The first-order chi connectivity index (χ1) is 10.6. The van der Waals surface area contributed by atoms with E-state index in [1.165, 1.54) is 12.1 Å². The summed E-state index contributed by atoms with van der Waals surface area (Å²) in [6.45, 7) is 1.87. The van der Waals surface area contributed by atoms with Crippen molar-refractivity contribution >= 4 is 21.7 Å². The Labute approximate surface area is 137 Å². The van der Waals surface area contributed by atoms with Crippen LogP contribution in [-0.2, 0) is 19.4 Å². The monoisotopic (exact) mass is 341 g/mol. The van der Waals surface area contributed by atoms with Crippen LogP contribution in [0.3, 0.4) is 0 Å². The Hall–Kier alpha value is -1.89. The fourth-order valence-electron chi connectivity index (χ4n) is 2.16. The third kappa shape index (κ3) is 6.02. The molecule has 1 amide bonds. The fraction of sp³-hybridized carbons (Fsp3) is 0.500. The summed E-state index contributed by atoms with van der Waals surface area (Å²) in [7, 11) is -1.54. The molecular weight excluding hydrogens is 318 g/mol. The Morgan fingerprint density at radius 2 is 1.65 bits per heavy atom. The van der Waals surface area contributed by atoms with Gasteiger partial charge < -0.3 is 10.0 Å². The van der Waals surface area contributed by atoms with Crippen LogP contribution in [0.2, 0.25) is 0 Å². The van der Waals surface area contributed by atoms with Gasteiger partial charge in [0.1, 0.15) is 0 Å². The number of carboxylic acid groups (broad SMARTS) is 1. The van der Waals surface area contributed by atoms with Crippen LogP contribution < -0.4 is 0 Å². The molecule has 0 fully saturated rings. The van der Waals surface area contributed by atoms with Gasteiger partial charge in [0, 0.05) is 26.1 Å². The maximum Gasteiger partial charge on any atom is 0.303 e. The van der Waals surface area contributed by atoms with Gasteiger partial charge in [-0.15, -0.1) is 0 Å². The number of rotatable bonds is 8. The molecule has 0 radical (unpaired) electrons. The molecule has 1 unspecified atom stereocenters. The van der Waals surface area contributed by atoms with E-state index < -0.39 is 15.8 Å². The van der Waals surface area contributed by atoms with Gasteiger partial charge >= 0.3 is 5.97 Å². The third-order valence-corrected chi connectivity index (χ3v) is 4.92. The van der Waals surface area contributed by atoms with Crippen molar-refractivity contribution in [1.29, 1.82) is 0 Å². The Kier molecular flexibility index (Phi) is 6.75. The van der Waals surface area contributed by atoms with Crippen molar-refractivity contribution in [3.8, 4) is 0 Å². The van der Waals surface area contributed by atoms with Crippen molar-refractivity contribution in [3.63, 3.8) is 0 Å². The van der Waals surface area contributed by atoms with Crippen LogP contribution in [-0.4, -0.2) is 43.6 Å². The number of sulfone groups is 1. The van der Waals surface area contributed by atoms with E-state index in [2.05, 4.69) is 0 Å². The quantitative estimate of drug-likeness (QED) is 0.732. The van der Waals surface area contributed by atoms with Crippen LogP contribution in [0.1, 0.15) is 44.2 Å². The van der Waals surface area contributed by atoms with Crippen molar-refractivity contribution < 1.29 is 23.1 Å². The Morgan fingerprint density at radius 3 is 2.13 bits per heavy atom. The molecule has 0 bridgehead atoms. The topological polar surface area (TPSA) is 91.8 Å². The van der Waals surface area contributed by atoms with Gasteiger partial charge in [0.05, 0.1) is 10.9 Å². The highest BCUT2D eigenvalue weighted by Gasteiger charge is 2.17. The summed E-state index contributed by atoms with van der Waals surface area (Å²) in [6.07, 6.45) is 2.54. The molecule has 1 N–H and O–H groups in total. The van der Waals surface area contributed by atoms with Gasteiger partial charge in [0.2, 0.25) is 5.91 Å². The Balaban J connectivity index is 2.63. The van der Waals surface area contributed by atoms with Crippen molar-refractivity contribution in [2.45, 2.75) is 43.5 Å². The van der Waals surface area contributed by atoms with Gasteiger partial charge in [-0.3, -0.25) is 9.59 Å². The van der Waals surface area contributed by atoms with Gasteiger partial charge in [-0.2, -0.15) is 0 Å². The molecule has 0 spiro atoms. The summed E-state index contributed by atoms with van der Waals surface area (Å²) in [5, 5.41) is 8.57. The number of carbonyl (C=O) groups excluding carboxylic acids is 1. The molecule has 1 aromatic carbocycles. The minimum absolute atomic E-state index is 0.0601. The average Bonchev–Trinajstić information content (AvgIpc) is 2.49. The lowest BCUT2D eigenvalue weighted by molar-refractivity contribution is -0.137. The smallest absolute Gasteiger partial charge is 0.303 e. The molecule has 128 valence electrons. The maximum atomic E-state index is 12.1. The Morgan fingerprint density at radius 1 is 1.13 bits per heavy atom. The van der Waals surface area contributed by atoms with Gasteiger partial charge in [-0.1, -0.05) is 12.1 Å². The van der Waals surface area contributed by atoms with Gasteiger partial charge in [0.15, 0.2) is 9.84 Å². The highest BCUT2D eigenvalue weighted by Crippen LogP contribution is 2.21. The standard InChI is InChI=1S/C16H23NO5S/c1-12(13-8-10-14(11-9-13)23(3,21)22)17(2)15(18)6-4-5-7-16(19)20/h8-12H,4-7H2,1-3H3,(H,19,20). The lowest BCUT2D eigenvalue weighted by Crippen LogP contribution is -2.29. The van der Waals surface area contributed by atoms with Crippen LogP contribution in [0.4, 0.5) is 0 Å². The lowest BCUT2D eigenvalue weighted by atomic mass is 10.1. The first-order valence-corrected chi connectivity index (χ1v) is 9.29. The number of unbranched alkanes of at least 4 members (excludes halogenated alkanes) is 1. The van der Waals surface area contributed by atoms with Crippen molar-refractivity contribution in [2.75, 3.05) is 13.3 Å². The number of nitrogens with zero attached hydrogens (tertiary/aromatic N) is 1. The summed E-state index contributed by atoms with van der Waals surface area (Å²) in [4.78, 5) is 24.4. The van der Waals surface area contributed by atoms with Crippen molar-refractivity contribution in [2.24, 2.45) is 0 Å². The molecule has 0 aliphatic rings. The Bertz CT molecular complexity index is 652. The molecule has 0 aliphatic carbocycles. The highest BCUT2D eigenvalue weighted by molar-refractivity contribution is 7.90. The number of carbonyl (C=O) groups is 2. The molecule has 0 aliphatic heterocycles. The second kappa shape index (κ2) is 8.10. The third-order valence-electron chi connectivity index (χ3n) is 3.80.